The van der Waals surface area contributed by atoms with Gasteiger partial charge in [0, 0.05) is 0 Å². The molecule has 2 N–H and O–H groups in total. The molecule has 4 unspecified atom stereocenters. The number of amides is 1. The summed E-state index contributed by atoms with van der Waals surface area (Å²) in [4.78, 5) is 40.8. The molecule has 0 aliphatic carbocycles. The van der Waals surface area contributed by atoms with Gasteiger partial charge in [-0.25, -0.2) is 14.4 Å². The highest BCUT2D eigenvalue weighted by Crippen LogP contribution is 2.35. The van der Waals surface area contributed by atoms with Crippen molar-refractivity contribution in [2.75, 3.05) is 19.8 Å². The third kappa shape index (κ3) is 14.7. The summed E-state index contributed by atoms with van der Waals surface area (Å²) >= 11 is 17.8. The zero-order chi connectivity index (χ0) is 47.9. The topological polar surface area (TPSA) is 167 Å². The van der Waals surface area contributed by atoms with Crippen LogP contribution in [0.2, 0.25) is 0 Å². The predicted molar refractivity (Wildman–Crippen MR) is 251 cm³/mol. The zero-order valence-corrected chi connectivity index (χ0v) is 39.2. The van der Waals surface area contributed by atoms with Crippen LogP contribution in [0.4, 0.5) is 4.79 Å². The molecule has 2 heterocycles. The molecule has 7 rings (SSSR count). The van der Waals surface area contributed by atoms with Crippen LogP contribution in [0, 0.1) is 0 Å². The van der Waals surface area contributed by atoms with Gasteiger partial charge >= 0.3 is 18.0 Å². The highest BCUT2D eigenvalue weighted by atomic mass is 35.6. The second-order valence-corrected chi connectivity index (χ2v) is 18.6. The number of carbonyl (C=O) groups excluding carboxylic acids is 3. The summed E-state index contributed by atoms with van der Waals surface area (Å²) in [7, 11) is 0. The average Bonchev–Trinajstić information content (AvgIpc) is 3.35. The molecular weight excluding hydrogens is 941 g/mol. The van der Waals surface area contributed by atoms with E-state index < -0.39 is 96.2 Å². The Kier molecular flexibility index (Phi) is 18.6. The lowest BCUT2D eigenvalue weighted by atomic mass is 9.92. The Bertz CT molecular complexity index is 2320. The molecule has 0 saturated carbocycles. The number of ether oxygens (including phenoxy) is 9. The van der Waals surface area contributed by atoms with Gasteiger partial charge in [0.1, 0.15) is 49.8 Å². The third-order valence-corrected chi connectivity index (χ3v) is 11.4. The molecule has 2 aliphatic heterocycles. The van der Waals surface area contributed by atoms with E-state index >= 15 is 0 Å². The van der Waals surface area contributed by atoms with Gasteiger partial charge < -0.3 is 53.1 Å². The number of halogens is 3. The van der Waals surface area contributed by atoms with Crippen molar-refractivity contribution in [2.24, 2.45) is 0 Å². The number of nitrogens with one attached hydrogen (secondary N) is 1. The van der Waals surface area contributed by atoms with Crippen molar-refractivity contribution < 1.29 is 62.1 Å². The van der Waals surface area contributed by atoms with E-state index in [1.165, 1.54) is 0 Å². The summed E-state index contributed by atoms with van der Waals surface area (Å²) in [6.07, 6.45) is -12.2. The van der Waals surface area contributed by atoms with E-state index in [0.29, 0.717) is 0 Å². The lowest BCUT2D eigenvalue weighted by molar-refractivity contribution is -0.342. The maximum absolute atomic E-state index is 14.0. The van der Waals surface area contributed by atoms with E-state index in [4.69, 9.17) is 77.4 Å². The number of carbonyl (C=O) groups is 3. The molecule has 360 valence electrons. The number of aliphatic hydroxyl groups is 1. The molecule has 1 amide bonds. The average molecular weight is 993 g/mol. The Hall–Kier alpha value is -5.10. The van der Waals surface area contributed by atoms with E-state index in [1.807, 2.05) is 91.0 Å². The van der Waals surface area contributed by atoms with Crippen molar-refractivity contribution in [2.45, 2.75) is 91.7 Å². The largest absolute Gasteiger partial charge is 0.459 e. The van der Waals surface area contributed by atoms with Gasteiger partial charge in [-0.15, -0.1) is 0 Å². The quantitative estimate of drug-likeness (QED) is 0.0463. The summed E-state index contributed by atoms with van der Waals surface area (Å²) in [6, 6.07) is 43.7. The minimum atomic E-state index is -1.95. The van der Waals surface area contributed by atoms with E-state index in [2.05, 4.69) is 5.32 Å². The molecular formula is C51H52Cl3NO13. The van der Waals surface area contributed by atoms with Gasteiger partial charge in [-0.3, -0.25) is 0 Å². The highest BCUT2D eigenvalue weighted by molar-refractivity contribution is 6.67. The molecule has 14 nitrogen and oxygen atoms in total. The van der Waals surface area contributed by atoms with Crippen molar-refractivity contribution in [3.05, 3.63) is 179 Å². The van der Waals surface area contributed by atoms with Gasteiger partial charge in [-0.05, 0) is 47.9 Å². The zero-order valence-electron chi connectivity index (χ0n) is 36.9. The number of alkyl halides is 3. The number of benzene rings is 5. The number of alkyl carbamates (subject to hydrolysis) is 1. The monoisotopic (exact) mass is 991 g/mol. The molecule has 0 aromatic heterocycles. The molecule has 2 aliphatic rings. The Morgan fingerprint density at radius 3 is 1.62 bits per heavy atom. The van der Waals surface area contributed by atoms with Gasteiger partial charge in [0.2, 0.25) is 3.79 Å². The highest BCUT2D eigenvalue weighted by Gasteiger charge is 2.54. The SMILES string of the molecule is C[C@@H]1OC(COC(=O)c2ccccc2)[C@@H](OC(=O)c2ccccc2)[C@H](O[C@@H]2OC(COCc3ccccc3)[C@@H](OCc3ccccc3)[C@@H](OCc3ccccc3)C2O)C1NC(=O)OCC(Cl)(Cl)Cl. The van der Waals surface area contributed by atoms with E-state index in [0.717, 1.165) is 16.7 Å². The lowest BCUT2D eigenvalue weighted by Gasteiger charge is -2.49. The maximum atomic E-state index is 14.0. The standard InChI is InChI=1S/C51H52Cl3NO13/c1-33-41(55-50(59)64-32-51(52,53)54)45(44(67-48(58)38-25-15-6-16-26-38)40(65-33)31-63-47(57)37-23-13-5-14-24-37)68-49-42(56)46(62-29-36-21-11-4-12-22-36)43(61-28-35-19-9-3-10-20-35)39(66-49)30-60-27-34-17-7-2-8-18-34/h2-26,33,39-46,49,56H,27-32H2,1H3,(H,55,59)/t33-,39?,40?,41?,42?,43+,44+,45+,46-,49-/m0/s1. The number of hydrogen-bond acceptors (Lipinski definition) is 13. The van der Waals surface area contributed by atoms with Crippen LogP contribution in [-0.4, -0.2) is 108 Å². The fraction of sp³-hybridized carbons (Fsp3) is 0.353. The van der Waals surface area contributed by atoms with Crippen LogP contribution in [0.3, 0.4) is 0 Å². The fourth-order valence-corrected chi connectivity index (χ4v) is 7.92. The summed E-state index contributed by atoms with van der Waals surface area (Å²) in [6.45, 7) is 0.933. The Morgan fingerprint density at radius 1 is 0.588 bits per heavy atom. The molecule has 5 aromatic carbocycles. The third-order valence-electron chi connectivity index (χ3n) is 11.1. The molecule has 17 heteroatoms. The normalized spacial score (nSPS) is 24.9. The Morgan fingerprint density at radius 2 is 1.07 bits per heavy atom. The molecule has 2 saturated heterocycles. The van der Waals surface area contributed by atoms with E-state index in [1.54, 1.807) is 67.6 Å². The summed E-state index contributed by atoms with van der Waals surface area (Å²) in [5.41, 5.74) is 3.03. The molecule has 10 atom stereocenters. The van der Waals surface area contributed by atoms with Crippen LogP contribution in [0.5, 0.6) is 0 Å². The molecule has 5 aromatic rings. The van der Waals surface area contributed by atoms with Crippen LogP contribution in [0.15, 0.2) is 152 Å². The first-order chi connectivity index (χ1) is 32.9. The van der Waals surface area contributed by atoms with Gasteiger partial charge in [-0.1, -0.05) is 162 Å². The van der Waals surface area contributed by atoms with Crippen LogP contribution < -0.4 is 5.32 Å². The molecule has 2 fully saturated rings. The first kappa shape index (κ1) is 50.8. The smallest absolute Gasteiger partial charge is 0.407 e. The van der Waals surface area contributed by atoms with Gasteiger partial charge in [-0.2, -0.15) is 0 Å². The number of hydrogen-bond donors (Lipinski definition) is 2. The predicted octanol–water partition coefficient (Wildman–Crippen LogP) is 8.18. The van der Waals surface area contributed by atoms with E-state index in [9.17, 15) is 19.5 Å². The lowest BCUT2D eigenvalue weighted by Crippen LogP contribution is -2.68. The van der Waals surface area contributed by atoms with Crippen LogP contribution in [0.25, 0.3) is 0 Å². The van der Waals surface area contributed by atoms with Crippen LogP contribution in [0.1, 0.15) is 44.3 Å². The van der Waals surface area contributed by atoms with E-state index in [-0.39, 0.29) is 37.6 Å². The number of aliphatic hydroxyl groups excluding tert-OH is 1. The van der Waals surface area contributed by atoms with Crippen LogP contribution >= 0.6 is 34.8 Å². The van der Waals surface area contributed by atoms with Gasteiger partial charge in [0.05, 0.1) is 49.7 Å². The summed E-state index contributed by atoms with van der Waals surface area (Å²) < 4.78 is 54.6. The number of esters is 2. The minimum absolute atomic E-state index is 0.0498. The molecule has 0 radical (unpaired) electrons. The Labute approximate surface area is 409 Å². The molecule has 0 bridgehead atoms. The Balaban J connectivity index is 1.25. The van der Waals surface area contributed by atoms with Crippen molar-refractivity contribution >= 4 is 52.8 Å². The first-order valence-corrected chi connectivity index (χ1v) is 23.1. The summed E-state index contributed by atoms with van der Waals surface area (Å²) in [5.74, 6) is -1.47. The van der Waals surface area contributed by atoms with Crippen molar-refractivity contribution in [1.82, 2.24) is 5.32 Å². The van der Waals surface area contributed by atoms with Crippen molar-refractivity contribution in [3.8, 4) is 0 Å². The van der Waals surface area contributed by atoms with Gasteiger partial charge in [0.25, 0.3) is 0 Å². The second kappa shape index (κ2) is 25.0. The summed E-state index contributed by atoms with van der Waals surface area (Å²) in [5, 5.41) is 15.2. The first-order valence-electron chi connectivity index (χ1n) is 22.0. The molecule has 68 heavy (non-hydrogen) atoms. The number of rotatable bonds is 19. The fourth-order valence-electron chi connectivity index (χ4n) is 7.75. The second-order valence-electron chi connectivity index (χ2n) is 16.1. The van der Waals surface area contributed by atoms with Gasteiger partial charge in [0.15, 0.2) is 12.4 Å². The molecule has 0 spiro atoms. The maximum Gasteiger partial charge on any atom is 0.407 e. The van der Waals surface area contributed by atoms with Crippen LogP contribution in [-0.2, 0) is 62.5 Å². The van der Waals surface area contributed by atoms with Crippen molar-refractivity contribution in [1.29, 1.82) is 0 Å². The minimum Gasteiger partial charge on any atom is -0.459 e. The van der Waals surface area contributed by atoms with Crippen molar-refractivity contribution in [3.63, 3.8) is 0 Å².